The van der Waals surface area contributed by atoms with Crippen LogP contribution in [-0.2, 0) is 4.74 Å². The zero-order valence-corrected chi connectivity index (χ0v) is 9.60. The number of rotatable bonds is 3. The Morgan fingerprint density at radius 3 is 3.06 bits per heavy atom. The van der Waals surface area contributed by atoms with Crippen molar-refractivity contribution in [2.45, 2.75) is 13.8 Å². The maximum atomic E-state index is 11.4. The summed E-state index contributed by atoms with van der Waals surface area (Å²) in [6.07, 6.45) is 1.69. The van der Waals surface area contributed by atoms with Gasteiger partial charge in [-0.05, 0) is 26.0 Å². The van der Waals surface area contributed by atoms with Gasteiger partial charge in [0.2, 0.25) is 5.82 Å². The minimum Gasteiger partial charge on any atom is -0.460 e. The lowest BCUT2D eigenvalue weighted by atomic mass is 10.2. The normalized spacial score (nSPS) is 10.2. The SMILES string of the molecule is CCOC(=O)c1nc(-c2cccnc2C)n[nH]1. The number of aromatic amines is 1. The van der Waals surface area contributed by atoms with Crippen molar-refractivity contribution in [2.75, 3.05) is 6.61 Å². The number of esters is 1. The molecule has 0 fully saturated rings. The zero-order valence-electron chi connectivity index (χ0n) is 9.60. The summed E-state index contributed by atoms with van der Waals surface area (Å²) in [6.45, 7) is 3.90. The molecule has 0 aromatic carbocycles. The van der Waals surface area contributed by atoms with E-state index in [1.54, 1.807) is 19.2 Å². The molecule has 0 spiro atoms. The quantitative estimate of drug-likeness (QED) is 0.808. The highest BCUT2D eigenvalue weighted by molar-refractivity contribution is 5.85. The second kappa shape index (κ2) is 4.73. The van der Waals surface area contributed by atoms with Crippen LogP contribution in [0, 0.1) is 6.92 Å². The van der Waals surface area contributed by atoms with Crippen molar-refractivity contribution in [3.05, 3.63) is 29.8 Å². The predicted molar refractivity (Wildman–Crippen MR) is 60.3 cm³/mol. The van der Waals surface area contributed by atoms with E-state index in [9.17, 15) is 4.79 Å². The lowest BCUT2D eigenvalue weighted by molar-refractivity contribution is 0.0512. The first-order chi connectivity index (χ1) is 8.22. The Morgan fingerprint density at radius 2 is 2.35 bits per heavy atom. The fraction of sp³-hybridized carbons (Fsp3) is 0.273. The first-order valence-electron chi connectivity index (χ1n) is 5.24. The molecule has 0 aliphatic carbocycles. The van der Waals surface area contributed by atoms with Gasteiger partial charge in [0.1, 0.15) is 0 Å². The zero-order chi connectivity index (χ0) is 12.3. The number of nitrogens with one attached hydrogen (secondary N) is 1. The minimum absolute atomic E-state index is 0.102. The highest BCUT2D eigenvalue weighted by atomic mass is 16.5. The number of hydrogen-bond acceptors (Lipinski definition) is 5. The van der Waals surface area contributed by atoms with Crippen LogP contribution in [0.5, 0.6) is 0 Å². The molecule has 0 radical (unpaired) electrons. The third kappa shape index (κ3) is 2.30. The van der Waals surface area contributed by atoms with Crippen molar-refractivity contribution in [1.29, 1.82) is 0 Å². The summed E-state index contributed by atoms with van der Waals surface area (Å²) >= 11 is 0. The van der Waals surface area contributed by atoms with Crippen molar-refractivity contribution in [1.82, 2.24) is 20.2 Å². The maximum Gasteiger partial charge on any atom is 0.375 e. The van der Waals surface area contributed by atoms with E-state index in [-0.39, 0.29) is 5.82 Å². The van der Waals surface area contributed by atoms with Gasteiger partial charge in [0.15, 0.2) is 5.82 Å². The molecule has 17 heavy (non-hydrogen) atoms. The number of aryl methyl sites for hydroxylation is 1. The Balaban J connectivity index is 2.30. The molecule has 0 amide bonds. The van der Waals surface area contributed by atoms with Gasteiger partial charge in [0.05, 0.1) is 6.61 Å². The summed E-state index contributed by atoms with van der Waals surface area (Å²) in [7, 11) is 0. The van der Waals surface area contributed by atoms with Gasteiger partial charge in [-0.15, -0.1) is 0 Å². The van der Waals surface area contributed by atoms with Gasteiger partial charge >= 0.3 is 5.97 Å². The van der Waals surface area contributed by atoms with Crippen LogP contribution in [0.2, 0.25) is 0 Å². The molecule has 2 aromatic rings. The Morgan fingerprint density at radius 1 is 1.53 bits per heavy atom. The van der Waals surface area contributed by atoms with Gasteiger partial charge in [-0.1, -0.05) is 0 Å². The van der Waals surface area contributed by atoms with Gasteiger partial charge in [0, 0.05) is 17.5 Å². The maximum absolute atomic E-state index is 11.4. The summed E-state index contributed by atoms with van der Waals surface area (Å²) in [5.41, 5.74) is 1.60. The van der Waals surface area contributed by atoms with E-state index in [2.05, 4.69) is 20.2 Å². The lowest BCUT2D eigenvalue weighted by Gasteiger charge is -1.98. The molecule has 6 nitrogen and oxygen atoms in total. The largest absolute Gasteiger partial charge is 0.460 e. The molecule has 6 heteroatoms. The molecule has 0 unspecified atom stereocenters. The van der Waals surface area contributed by atoms with E-state index >= 15 is 0 Å². The van der Waals surface area contributed by atoms with Gasteiger partial charge in [-0.2, -0.15) is 5.10 Å². The monoisotopic (exact) mass is 232 g/mol. The smallest absolute Gasteiger partial charge is 0.375 e. The summed E-state index contributed by atoms with van der Waals surface area (Å²) in [6, 6.07) is 3.64. The molecule has 0 aliphatic rings. The second-order valence-electron chi connectivity index (χ2n) is 3.36. The highest BCUT2D eigenvalue weighted by Crippen LogP contribution is 2.16. The Hall–Kier alpha value is -2.24. The number of hydrogen-bond donors (Lipinski definition) is 1. The molecule has 1 N–H and O–H groups in total. The molecule has 2 heterocycles. The summed E-state index contributed by atoms with van der Waals surface area (Å²) in [4.78, 5) is 19.6. The van der Waals surface area contributed by atoms with Crippen LogP contribution < -0.4 is 0 Å². The third-order valence-corrected chi connectivity index (χ3v) is 2.20. The van der Waals surface area contributed by atoms with Gasteiger partial charge < -0.3 is 4.74 Å². The van der Waals surface area contributed by atoms with Gasteiger partial charge in [-0.3, -0.25) is 10.1 Å². The van der Waals surface area contributed by atoms with Crippen LogP contribution in [0.4, 0.5) is 0 Å². The molecule has 0 atom stereocenters. The number of carbonyl (C=O) groups excluding carboxylic acids is 1. The topological polar surface area (TPSA) is 80.8 Å². The lowest BCUT2D eigenvalue weighted by Crippen LogP contribution is -2.06. The Labute approximate surface area is 98.1 Å². The number of ether oxygens (including phenoxy) is 1. The van der Waals surface area contributed by atoms with Crippen LogP contribution in [0.1, 0.15) is 23.2 Å². The van der Waals surface area contributed by atoms with Crippen LogP contribution in [0.25, 0.3) is 11.4 Å². The van der Waals surface area contributed by atoms with Crippen LogP contribution >= 0.6 is 0 Å². The van der Waals surface area contributed by atoms with E-state index in [1.807, 2.05) is 13.0 Å². The summed E-state index contributed by atoms with van der Waals surface area (Å²) < 4.78 is 4.82. The molecular weight excluding hydrogens is 220 g/mol. The van der Waals surface area contributed by atoms with E-state index in [0.29, 0.717) is 12.4 Å². The van der Waals surface area contributed by atoms with Crippen molar-refractivity contribution in [2.24, 2.45) is 0 Å². The predicted octanol–water partition coefficient (Wildman–Crippen LogP) is 1.35. The van der Waals surface area contributed by atoms with Crippen molar-refractivity contribution >= 4 is 5.97 Å². The summed E-state index contributed by atoms with van der Waals surface area (Å²) in [5, 5.41) is 6.53. The minimum atomic E-state index is -0.507. The molecule has 0 saturated carbocycles. The van der Waals surface area contributed by atoms with Gasteiger partial charge in [-0.25, -0.2) is 9.78 Å². The third-order valence-electron chi connectivity index (χ3n) is 2.20. The molecule has 0 aliphatic heterocycles. The standard InChI is InChI=1S/C11H12N4O2/c1-3-17-11(16)10-13-9(14-15-10)8-5-4-6-12-7(8)2/h4-6H,3H2,1-2H3,(H,13,14,15). The average molecular weight is 232 g/mol. The molecule has 2 rings (SSSR count). The average Bonchev–Trinajstić information content (AvgIpc) is 2.79. The fourth-order valence-corrected chi connectivity index (χ4v) is 1.39. The van der Waals surface area contributed by atoms with Crippen molar-refractivity contribution in [3.63, 3.8) is 0 Å². The number of aromatic nitrogens is 4. The van der Waals surface area contributed by atoms with Crippen LogP contribution in [0.15, 0.2) is 18.3 Å². The Bertz CT molecular complexity index is 536. The van der Waals surface area contributed by atoms with E-state index in [1.165, 1.54) is 0 Å². The van der Waals surface area contributed by atoms with E-state index in [4.69, 9.17) is 4.74 Å². The number of H-pyrrole nitrogens is 1. The first kappa shape index (κ1) is 11.3. The van der Waals surface area contributed by atoms with Crippen molar-refractivity contribution in [3.8, 4) is 11.4 Å². The van der Waals surface area contributed by atoms with E-state index in [0.717, 1.165) is 11.3 Å². The molecular formula is C11H12N4O2. The number of carbonyl (C=O) groups is 1. The number of pyridine rings is 1. The van der Waals surface area contributed by atoms with Crippen molar-refractivity contribution < 1.29 is 9.53 Å². The summed E-state index contributed by atoms with van der Waals surface area (Å²) in [5.74, 6) is 0.0385. The van der Waals surface area contributed by atoms with Gasteiger partial charge in [0.25, 0.3) is 0 Å². The molecule has 2 aromatic heterocycles. The molecule has 0 bridgehead atoms. The Kier molecular flexibility index (Phi) is 3.13. The van der Waals surface area contributed by atoms with Crippen LogP contribution in [0.3, 0.4) is 0 Å². The fourth-order valence-electron chi connectivity index (χ4n) is 1.39. The number of nitrogens with zero attached hydrogens (tertiary/aromatic N) is 3. The second-order valence-corrected chi connectivity index (χ2v) is 3.36. The van der Waals surface area contributed by atoms with Crippen LogP contribution in [-0.4, -0.2) is 32.7 Å². The molecule has 0 saturated heterocycles. The highest BCUT2D eigenvalue weighted by Gasteiger charge is 2.14. The molecule has 88 valence electrons. The first-order valence-corrected chi connectivity index (χ1v) is 5.24. The van der Waals surface area contributed by atoms with E-state index < -0.39 is 5.97 Å².